The number of aryl methyl sites for hydroxylation is 2. The van der Waals surface area contributed by atoms with Gasteiger partial charge >= 0.3 is 5.97 Å². The number of aliphatic carboxylic acids is 1. The molecule has 0 amide bonds. The average molecular weight is 213 g/mol. The fourth-order valence-electron chi connectivity index (χ4n) is 1.09. The average Bonchev–Trinajstić information content (AvgIpc) is 2.61. The summed E-state index contributed by atoms with van der Waals surface area (Å²) in [7, 11) is 0. The predicted octanol–water partition coefficient (Wildman–Crippen LogP) is 2.36. The van der Waals surface area contributed by atoms with Crippen molar-refractivity contribution in [3.8, 4) is 0 Å². The van der Waals surface area contributed by atoms with E-state index < -0.39 is 5.97 Å². The quantitative estimate of drug-likeness (QED) is 0.816. The summed E-state index contributed by atoms with van der Waals surface area (Å²) >= 11 is 1.62. The van der Waals surface area contributed by atoms with E-state index >= 15 is 0 Å². The zero-order valence-electron chi connectivity index (χ0n) is 8.49. The molecule has 0 aliphatic carbocycles. The SMILES string of the molecule is CCc1csc(CCC(C)C(=O)O)n1. The number of aromatic nitrogens is 1. The molecule has 3 nitrogen and oxygen atoms in total. The highest BCUT2D eigenvalue weighted by atomic mass is 32.1. The van der Waals surface area contributed by atoms with Crippen LogP contribution in [0.3, 0.4) is 0 Å². The van der Waals surface area contributed by atoms with E-state index in [0.29, 0.717) is 6.42 Å². The summed E-state index contributed by atoms with van der Waals surface area (Å²) in [5.74, 6) is -0.999. The van der Waals surface area contributed by atoms with E-state index in [-0.39, 0.29) is 5.92 Å². The first-order chi connectivity index (χ1) is 6.63. The summed E-state index contributed by atoms with van der Waals surface area (Å²) in [5.41, 5.74) is 1.10. The summed E-state index contributed by atoms with van der Waals surface area (Å²) in [5, 5.41) is 11.8. The number of nitrogens with zero attached hydrogens (tertiary/aromatic N) is 1. The first-order valence-corrected chi connectivity index (χ1v) is 5.67. The predicted molar refractivity (Wildman–Crippen MR) is 56.6 cm³/mol. The molecule has 78 valence electrons. The van der Waals surface area contributed by atoms with Gasteiger partial charge in [0.15, 0.2) is 0 Å². The third-order valence-corrected chi connectivity index (χ3v) is 3.13. The zero-order chi connectivity index (χ0) is 10.6. The monoisotopic (exact) mass is 213 g/mol. The smallest absolute Gasteiger partial charge is 0.306 e. The Morgan fingerprint density at radius 2 is 2.43 bits per heavy atom. The van der Waals surface area contributed by atoms with E-state index in [2.05, 4.69) is 11.9 Å². The molecule has 0 aliphatic rings. The van der Waals surface area contributed by atoms with E-state index in [1.165, 1.54) is 0 Å². The Morgan fingerprint density at radius 1 is 1.71 bits per heavy atom. The van der Waals surface area contributed by atoms with Crippen molar-refractivity contribution < 1.29 is 9.90 Å². The molecule has 1 rings (SSSR count). The van der Waals surface area contributed by atoms with Crippen LogP contribution in [0.2, 0.25) is 0 Å². The van der Waals surface area contributed by atoms with Gasteiger partial charge in [-0.1, -0.05) is 13.8 Å². The van der Waals surface area contributed by atoms with Gasteiger partial charge in [0.1, 0.15) is 0 Å². The number of thiazole rings is 1. The lowest BCUT2D eigenvalue weighted by atomic mass is 10.1. The molecule has 0 bridgehead atoms. The van der Waals surface area contributed by atoms with Gasteiger partial charge in [0, 0.05) is 11.8 Å². The van der Waals surface area contributed by atoms with Crippen molar-refractivity contribution in [1.29, 1.82) is 0 Å². The van der Waals surface area contributed by atoms with Crippen LogP contribution in [0.1, 0.15) is 31.0 Å². The fourth-order valence-corrected chi connectivity index (χ4v) is 1.99. The van der Waals surface area contributed by atoms with Gasteiger partial charge in [-0.3, -0.25) is 4.79 Å². The molecule has 1 heterocycles. The molecule has 0 aliphatic heterocycles. The van der Waals surface area contributed by atoms with Gasteiger partial charge in [0.2, 0.25) is 0 Å². The second-order valence-corrected chi connectivity index (χ2v) is 4.31. The second kappa shape index (κ2) is 5.10. The topological polar surface area (TPSA) is 50.2 Å². The molecular weight excluding hydrogens is 198 g/mol. The molecule has 0 saturated heterocycles. The number of hydrogen-bond donors (Lipinski definition) is 1. The number of carboxylic acid groups (broad SMARTS) is 1. The molecule has 0 spiro atoms. The molecule has 1 aromatic heterocycles. The van der Waals surface area contributed by atoms with Crippen LogP contribution in [0.25, 0.3) is 0 Å². The van der Waals surface area contributed by atoms with Crippen molar-refractivity contribution in [2.45, 2.75) is 33.1 Å². The Balaban J connectivity index is 2.41. The molecule has 1 N–H and O–H groups in total. The van der Waals surface area contributed by atoms with Crippen molar-refractivity contribution in [1.82, 2.24) is 4.98 Å². The number of hydrogen-bond acceptors (Lipinski definition) is 3. The van der Waals surface area contributed by atoms with Gasteiger partial charge in [-0.2, -0.15) is 0 Å². The second-order valence-electron chi connectivity index (χ2n) is 3.36. The van der Waals surface area contributed by atoms with Crippen LogP contribution in [0.4, 0.5) is 0 Å². The van der Waals surface area contributed by atoms with Crippen LogP contribution in [0.15, 0.2) is 5.38 Å². The third-order valence-electron chi connectivity index (χ3n) is 2.17. The Hall–Kier alpha value is -0.900. The summed E-state index contributed by atoms with van der Waals surface area (Å²) in [6.45, 7) is 3.80. The van der Waals surface area contributed by atoms with Crippen LogP contribution in [-0.4, -0.2) is 16.1 Å². The molecule has 0 saturated carbocycles. The Bertz CT molecular complexity index is 309. The Labute approximate surface area is 87.8 Å². The maximum atomic E-state index is 10.6. The summed E-state index contributed by atoms with van der Waals surface area (Å²) in [4.78, 5) is 15.0. The normalized spacial score (nSPS) is 12.7. The van der Waals surface area contributed by atoms with Crippen LogP contribution < -0.4 is 0 Å². The fraction of sp³-hybridized carbons (Fsp3) is 0.600. The van der Waals surface area contributed by atoms with E-state index in [0.717, 1.165) is 23.5 Å². The first-order valence-electron chi connectivity index (χ1n) is 4.79. The van der Waals surface area contributed by atoms with E-state index in [9.17, 15) is 4.79 Å². The Kier molecular flexibility index (Phi) is 4.07. The highest BCUT2D eigenvalue weighted by Gasteiger charge is 2.11. The number of carboxylic acids is 1. The lowest BCUT2D eigenvalue weighted by Gasteiger charge is -2.02. The molecule has 4 heteroatoms. The maximum absolute atomic E-state index is 10.6. The van der Waals surface area contributed by atoms with Gasteiger partial charge in [-0.25, -0.2) is 4.98 Å². The van der Waals surface area contributed by atoms with Gasteiger partial charge in [-0.15, -0.1) is 11.3 Å². The van der Waals surface area contributed by atoms with Crippen LogP contribution in [0, 0.1) is 5.92 Å². The van der Waals surface area contributed by atoms with Gasteiger partial charge in [0.25, 0.3) is 0 Å². The molecule has 14 heavy (non-hydrogen) atoms. The minimum absolute atomic E-state index is 0.274. The minimum atomic E-state index is -0.725. The summed E-state index contributed by atoms with van der Waals surface area (Å²) < 4.78 is 0. The van der Waals surface area contributed by atoms with Crippen LogP contribution >= 0.6 is 11.3 Å². The molecule has 1 atom stereocenters. The van der Waals surface area contributed by atoms with Crippen molar-refractivity contribution in [3.63, 3.8) is 0 Å². The van der Waals surface area contributed by atoms with Gasteiger partial charge in [-0.05, 0) is 12.8 Å². The summed E-state index contributed by atoms with van der Waals surface area (Å²) in [6.07, 6.45) is 2.40. The largest absolute Gasteiger partial charge is 0.481 e. The van der Waals surface area contributed by atoms with E-state index in [1.807, 2.05) is 5.38 Å². The van der Waals surface area contributed by atoms with Crippen molar-refractivity contribution in [3.05, 3.63) is 16.1 Å². The maximum Gasteiger partial charge on any atom is 0.306 e. The molecular formula is C10H15NO2S. The zero-order valence-corrected chi connectivity index (χ0v) is 9.30. The van der Waals surface area contributed by atoms with E-state index in [1.54, 1.807) is 18.3 Å². The lowest BCUT2D eigenvalue weighted by molar-refractivity contribution is -0.141. The highest BCUT2D eigenvalue weighted by Crippen LogP contribution is 2.15. The van der Waals surface area contributed by atoms with E-state index in [4.69, 9.17) is 5.11 Å². The lowest BCUT2D eigenvalue weighted by Crippen LogP contribution is -2.10. The van der Waals surface area contributed by atoms with Gasteiger partial charge in [0.05, 0.1) is 16.6 Å². The Morgan fingerprint density at radius 3 is 2.93 bits per heavy atom. The molecule has 1 aromatic rings. The first kappa shape index (κ1) is 11.2. The van der Waals surface area contributed by atoms with Crippen molar-refractivity contribution in [2.24, 2.45) is 5.92 Å². The van der Waals surface area contributed by atoms with Crippen molar-refractivity contribution >= 4 is 17.3 Å². The van der Waals surface area contributed by atoms with Crippen molar-refractivity contribution in [2.75, 3.05) is 0 Å². The highest BCUT2D eigenvalue weighted by molar-refractivity contribution is 7.09. The summed E-state index contributed by atoms with van der Waals surface area (Å²) in [6, 6.07) is 0. The molecule has 0 radical (unpaired) electrons. The minimum Gasteiger partial charge on any atom is -0.481 e. The molecule has 1 unspecified atom stereocenters. The number of rotatable bonds is 5. The number of carbonyl (C=O) groups is 1. The van der Waals surface area contributed by atoms with Crippen LogP contribution in [0.5, 0.6) is 0 Å². The standard InChI is InChI=1S/C10H15NO2S/c1-3-8-6-14-9(11-8)5-4-7(2)10(12)13/h6-7H,3-5H2,1-2H3,(H,12,13). The van der Waals surface area contributed by atoms with Crippen LogP contribution in [-0.2, 0) is 17.6 Å². The van der Waals surface area contributed by atoms with Gasteiger partial charge < -0.3 is 5.11 Å². The molecule has 0 aromatic carbocycles. The third kappa shape index (κ3) is 3.10. The molecule has 0 fully saturated rings.